The van der Waals surface area contributed by atoms with E-state index < -0.39 is 20.7 Å². The highest BCUT2D eigenvalue weighted by Gasteiger charge is 2.26. The summed E-state index contributed by atoms with van der Waals surface area (Å²) >= 11 is 18.2. The van der Waals surface area contributed by atoms with E-state index in [2.05, 4.69) is 25.7 Å². The predicted molar refractivity (Wildman–Crippen MR) is 129 cm³/mol. The quantitative estimate of drug-likeness (QED) is 0.126. The highest BCUT2D eigenvalue weighted by Crippen LogP contribution is 2.37. The molecular formula is C19H20Cl3N7O3S. The lowest BCUT2D eigenvalue weighted by molar-refractivity contribution is 0.238. The lowest BCUT2D eigenvalue weighted by Crippen LogP contribution is -2.48. The van der Waals surface area contributed by atoms with Crippen LogP contribution < -0.4 is 20.7 Å². The number of nitriles is 1. The van der Waals surface area contributed by atoms with Gasteiger partial charge in [0.2, 0.25) is 16.0 Å². The van der Waals surface area contributed by atoms with E-state index >= 15 is 0 Å². The Kier molecular flexibility index (Phi) is 8.61. The van der Waals surface area contributed by atoms with Gasteiger partial charge in [0.25, 0.3) is 0 Å². The maximum Gasteiger partial charge on any atom is 0.246 e. The van der Waals surface area contributed by atoms with E-state index in [1.54, 1.807) is 24.4 Å². The number of hydrogen-bond acceptors (Lipinski definition) is 7. The highest BCUT2D eigenvalue weighted by molar-refractivity contribution is 7.89. The van der Waals surface area contributed by atoms with Gasteiger partial charge in [0, 0.05) is 26.2 Å². The normalized spacial score (nSPS) is 15.2. The van der Waals surface area contributed by atoms with Crippen LogP contribution in [0.1, 0.15) is 0 Å². The van der Waals surface area contributed by atoms with Crippen molar-refractivity contribution < 1.29 is 13.5 Å². The minimum atomic E-state index is -4.16. The first-order valence-electron chi connectivity index (χ1n) is 9.62. The van der Waals surface area contributed by atoms with E-state index in [4.69, 9.17) is 40.1 Å². The fourth-order valence-electron chi connectivity index (χ4n) is 2.99. The van der Waals surface area contributed by atoms with Crippen molar-refractivity contribution in [3.05, 3.63) is 45.4 Å². The molecule has 1 fully saturated rings. The first-order chi connectivity index (χ1) is 15.7. The average molecular weight is 533 g/mol. The van der Waals surface area contributed by atoms with Crippen molar-refractivity contribution in [2.45, 2.75) is 4.90 Å². The highest BCUT2D eigenvalue weighted by atomic mass is 35.5. The Labute approximate surface area is 206 Å². The van der Waals surface area contributed by atoms with Crippen LogP contribution >= 0.6 is 34.8 Å². The molecule has 3 rings (SSSR count). The Balaban J connectivity index is 1.89. The number of aromatic hydroxyl groups is 1. The van der Waals surface area contributed by atoms with Gasteiger partial charge in [0.05, 0.1) is 33.1 Å². The molecule has 5 N–H and O–H groups in total. The number of halogens is 3. The zero-order valence-corrected chi connectivity index (χ0v) is 20.2. The molecular weight excluding hydrogens is 513 g/mol. The van der Waals surface area contributed by atoms with Crippen molar-refractivity contribution in [2.75, 3.05) is 38.2 Å². The molecule has 0 bridgehead atoms. The van der Waals surface area contributed by atoms with Crippen molar-refractivity contribution in [3.8, 4) is 11.9 Å². The molecule has 0 aromatic heterocycles. The van der Waals surface area contributed by atoms with Gasteiger partial charge in [-0.2, -0.15) is 9.98 Å². The molecule has 0 aliphatic carbocycles. The van der Waals surface area contributed by atoms with Crippen LogP contribution in [0.4, 0.5) is 11.4 Å². The van der Waals surface area contributed by atoms with Crippen LogP contribution in [0.25, 0.3) is 0 Å². The van der Waals surface area contributed by atoms with Gasteiger partial charge >= 0.3 is 0 Å². The third-order valence-electron chi connectivity index (χ3n) is 4.63. The van der Waals surface area contributed by atoms with E-state index in [-0.39, 0.29) is 39.1 Å². The molecule has 0 spiro atoms. The van der Waals surface area contributed by atoms with Crippen LogP contribution in [0.3, 0.4) is 0 Å². The summed E-state index contributed by atoms with van der Waals surface area (Å²) in [6.07, 6.45) is 1.71. The van der Waals surface area contributed by atoms with E-state index in [0.717, 1.165) is 13.1 Å². The molecule has 1 heterocycles. The van der Waals surface area contributed by atoms with E-state index in [9.17, 15) is 13.5 Å². The van der Waals surface area contributed by atoms with Gasteiger partial charge in [-0.25, -0.2) is 13.4 Å². The Bertz CT molecular complexity index is 1200. The summed E-state index contributed by atoms with van der Waals surface area (Å²) in [7, 11) is -4.16. The molecule has 176 valence electrons. The smallest absolute Gasteiger partial charge is 0.246 e. The number of phenolic OH excluding ortho intramolecular Hbond substituents is 1. The molecule has 33 heavy (non-hydrogen) atoms. The number of nitrogens with zero attached hydrogens (tertiary/aromatic N) is 3. The topological polar surface area (TPSA) is 142 Å². The molecule has 1 saturated heterocycles. The van der Waals surface area contributed by atoms with Gasteiger partial charge in [-0.3, -0.25) is 10.2 Å². The third kappa shape index (κ3) is 6.39. The summed E-state index contributed by atoms with van der Waals surface area (Å²) in [6.45, 7) is 2.91. The van der Waals surface area contributed by atoms with E-state index in [0.29, 0.717) is 13.1 Å². The number of guanidine groups is 1. The fourth-order valence-corrected chi connectivity index (χ4v) is 4.97. The molecule has 0 saturated carbocycles. The second kappa shape index (κ2) is 11.2. The molecule has 2 aromatic rings. The number of piperazine rings is 1. The number of rotatable bonds is 6. The van der Waals surface area contributed by atoms with Gasteiger partial charge in [0.1, 0.15) is 4.90 Å². The van der Waals surface area contributed by atoms with Crippen molar-refractivity contribution in [3.63, 3.8) is 0 Å². The molecule has 14 heteroatoms. The van der Waals surface area contributed by atoms with Crippen molar-refractivity contribution >= 4 is 62.2 Å². The Morgan fingerprint density at radius 2 is 1.91 bits per heavy atom. The van der Waals surface area contributed by atoms with Gasteiger partial charge in [0.15, 0.2) is 11.9 Å². The minimum absolute atomic E-state index is 0.0541. The van der Waals surface area contributed by atoms with Crippen LogP contribution in [0.2, 0.25) is 15.1 Å². The second-order valence-corrected chi connectivity index (χ2v) is 9.74. The lowest BCUT2D eigenvalue weighted by atomic mass is 10.3. The molecule has 2 aromatic carbocycles. The van der Waals surface area contributed by atoms with Crippen LogP contribution in [0.15, 0.2) is 40.2 Å². The predicted octanol–water partition coefficient (Wildman–Crippen LogP) is 2.66. The van der Waals surface area contributed by atoms with E-state index in [1.165, 1.54) is 12.1 Å². The molecule has 0 unspecified atom stereocenters. The van der Waals surface area contributed by atoms with Crippen molar-refractivity contribution in [1.29, 1.82) is 5.26 Å². The number of nitrogens with one attached hydrogen (secondary N) is 4. The summed E-state index contributed by atoms with van der Waals surface area (Å²) in [6, 6.07) is 7.40. The summed E-state index contributed by atoms with van der Waals surface area (Å²) < 4.78 is 28.2. The Hall–Kier alpha value is -2.30. The van der Waals surface area contributed by atoms with Gasteiger partial charge in [-0.1, -0.05) is 40.9 Å². The number of aliphatic imine (C=N–C) groups is 1. The largest absolute Gasteiger partial charge is 0.504 e. The zero-order valence-electron chi connectivity index (χ0n) is 17.1. The first kappa shape index (κ1) is 25.3. The standard InChI is InChI=1S/C19H20Cl3N7O3S/c20-12-2-1-3-14(16(12)22)27-19(25-10-23)28-15-5-4-13(21)18(17(15)30)33(31,32)26-11-29-8-6-24-7-9-29/h1-5,24,26,30H,6-9,11H2,(H2,25,27,28). The maximum absolute atomic E-state index is 12.9. The number of anilines is 1. The molecule has 0 radical (unpaired) electrons. The number of hydrogen-bond donors (Lipinski definition) is 5. The fraction of sp³-hybridized carbons (Fsp3) is 0.263. The van der Waals surface area contributed by atoms with E-state index in [1.807, 2.05) is 4.90 Å². The van der Waals surface area contributed by atoms with Crippen molar-refractivity contribution in [2.24, 2.45) is 4.99 Å². The number of sulfonamides is 1. The Morgan fingerprint density at radius 3 is 2.61 bits per heavy atom. The summed E-state index contributed by atoms with van der Waals surface area (Å²) in [5, 5.41) is 28.2. The van der Waals surface area contributed by atoms with Gasteiger partial charge in [-0.05, 0) is 24.3 Å². The monoisotopic (exact) mass is 531 g/mol. The van der Waals surface area contributed by atoms with Crippen LogP contribution in [0, 0.1) is 11.5 Å². The molecule has 10 nitrogen and oxygen atoms in total. The average Bonchev–Trinajstić information content (AvgIpc) is 2.78. The SMILES string of the molecule is N#CNC(=Nc1cccc(Cl)c1Cl)Nc1ccc(Cl)c(S(=O)(=O)NCN2CCNCC2)c1O. The summed E-state index contributed by atoms with van der Waals surface area (Å²) in [5.74, 6) is -0.767. The van der Waals surface area contributed by atoms with Crippen molar-refractivity contribution in [1.82, 2.24) is 20.3 Å². The summed E-state index contributed by atoms with van der Waals surface area (Å²) in [4.78, 5) is 5.61. The zero-order chi connectivity index (χ0) is 24.0. The second-order valence-electron chi connectivity index (χ2n) is 6.84. The molecule has 0 amide bonds. The minimum Gasteiger partial charge on any atom is -0.504 e. The molecule has 1 aliphatic heterocycles. The first-order valence-corrected chi connectivity index (χ1v) is 12.2. The number of phenols is 1. The summed E-state index contributed by atoms with van der Waals surface area (Å²) in [5.41, 5.74) is 0.190. The van der Waals surface area contributed by atoms with Gasteiger partial charge in [-0.15, -0.1) is 0 Å². The molecule has 1 aliphatic rings. The Morgan fingerprint density at radius 1 is 1.18 bits per heavy atom. The molecule has 0 atom stereocenters. The number of benzene rings is 2. The lowest BCUT2D eigenvalue weighted by Gasteiger charge is -2.27. The van der Waals surface area contributed by atoms with Crippen LogP contribution in [-0.2, 0) is 10.0 Å². The van der Waals surface area contributed by atoms with Gasteiger partial charge < -0.3 is 15.7 Å². The third-order valence-corrected chi connectivity index (χ3v) is 7.33. The van der Waals surface area contributed by atoms with Crippen LogP contribution in [-0.4, -0.2) is 57.2 Å². The van der Waals surface area contributed by atoms with Crippen LogP contribution in [0.5, 0.6) is 5.75 Å². The maximum atomic E-state index is 12.9.